The van der Waals surface area contributed by atoms with E-state index >= 15 is 0 Å². The first kappa shape index (κ1) is 22.4. The van der Waals surface area contributed by atoms with Gasteiger partial charge in [0.2, 0.25) is 0 Å². The third-order valence-corrected chi connectivity index (χ3v) is 6.37. The molecule has 35 heavy (non-hydrogen) atoms. The monoisotopic (exact) mass is 468 g/mol. The molecule has 5 rings (SSSR count). The van der Waals surface area contributed by atoms with E-state index in [1.807, 2.05) is 26.0 Å². The number of benzene rings is 3. The number of nitrogens with zero attached hydrogens (tertiary/aromatic N) is 1. The fraction of sp³-hybridized carbons (Fsp3) is 0.179. The molecular formula is C28H24N2O5. The van der Waals surface area contributed by atoms with Gasteiger partial charge in [-0.1, -0.05) is 24.3 Å². The molecule has 7 heteroatoms. The van der Waals surface area contributed by atoms with Crippen LogP contribution >= 0.6 is 0 Å². The van der Waals surface area contributed by atoms with Gasteiger partial charge in [-0.05, 0) is 55.3 Å². The second-order valence-electron chi connectivity index (χ2n) is 8.96. The first-order valence-corrected chi connectivity index (χ1v) is 11.3. The summed E-state index contributed by atoms with van der Waals surface area (Å²) in [5.41, 5.74) is 4.82. The Bertz CT molecular complexity index is 1570. The smallest absolute Gasteiger partial charge is 0.337 e. The number of anilines is 1. The van der Waals surface area contributed by atoms with E-state index in [1.165, 1.54) is 6.07 Å². The summed E-state index contributed by atoms with van der Waals surface area (Å²) in [5, 5.41) is 13.3. The summed E-state index contributed by atoms with van der Waals surface area (Å²) in [6, 6.07) is 17.0. The highest BCUT2D eigenvalue weighted by Gasteiger charge is 2.25. The molecule has 176 valence electrons. The summed E-state index contributed by atoms with van der Waals surface area (Å²) in [4.78, 5) is 38.7. The number of carboxylic acids is 1. The summed E-state index contributed by atoms with van der Waals surface area (Å²) in [6.07, 6.45) is 0. The molecule has 2 heterocycles. The number of hydrogen-bond acceptors (Lipinski definition) is 5. The maximum Gasteiger partial charge on any atom is 0.337 e. The fourth-order valence-corrected chi connectivity index (χ4v) is 4.62. The third-order valence-electron chi connectivity index (χ3n) is 6.37. The molecular weight excluding hydrogens is 444 g/mol. The molecule has 1 aromatic heterocycles. The molecule has 3 aromatic carbocycles. The fourth-order valence-electron chi connectivity index (χ4n) is 4.62. The van der Waals surface area contributed by atoms with Crippen LogP contribution in [0, 0.1) is 6.92 Å². The molecule has 0 saturated carbocycles. The summed E-state index contributed by atoms with van der Waals surface area (Å²) in [6.45, 7) is 4.31. The Labute approximate surface area is 201 Å². The lowest BCUT2D eigenvalue weighted by molar-refractivity contribution is 0.0697. The van der Waals surface area contributed by atoms with E-state index in [0.29, 0.717) is 40.1 Å². The molecule has 0 aliphatic carbocycles. The van der Waals surface area contributed by atoms with Crippen molar-refractivity contribution in [1.29, 1.82) is 0 Å². The van der Waals surface area contributed by atoms with E-state index < -0.39 is 5.97 Å². The van der Waals surface area contributed by atoms with Crippen LogP contribution < -0.4 is 10.7 Å². The van der Waals surface area contributed by atoms with Gasteiger partial charge in [0.25, 0.3) is 5.91 Å². The van der Waals surface area contributed by atoms with Gasteiger partial charge in [0.05, 0.1) is 17.0 Å². The highest BCUT2D eigenvalue weighted by atomic mass is 16.4. The molecule has 7 nitrogen and oxygen atoms in total. The van der Waals surface area contributed by atoms with Gasteiger partial charge in [-0.3, -0.25) is 9.59 Å². The zero-order valence-electron chi connectivity index (χ0n) is 19.6. The van der Waals surface area contributed by atoms with Crippen LogP contribution in [0.5, 0.6) is 0 Å². The van der Waals surface area contributed by atoms with Crippen molar-refractivity contribution < 1.29 is 19.1 Å². The number of carboxylic acid groups (broad SMARTS) is 1. The van der Waals surface area contributed by atoms with Crippen molar-refractivity contribution in [3.8, 4) is 11.3 Å². The van der Waals surface area contributed by atoms with Crippen LogP contribution in [0.25, 0.3) is 22.3 Å². The standard InChI is InChI=1S/C28H24N2O5/c1-15-10-21(16(2)29-23-7-5-4-6-20(23)28(33)34)26-22(11-15)24(31)13-25(35-26)17-8-9-19-18(12-17)14-30(3)27(19)32/h4-13,16,29H,14H2,1-3H3,(H,33,34). The zero-order valence-corrected chi connectivity index (χ0v) is 19.6. The zero-order chi connectivity index (χ0) is 24.9. The molecule has 1 atom stereocenters. The number of carbonyl (C=O) groups is 2. The van der Waals surface area contributed by atoms with Gasteiger partial charge in [0.15, 0.2) is 5.43 Å². The van der Waals surface area contributed by atoms with Crippen LogP contribution in [-0.2, 0) is 6.54 Å². The molecule has 4 aromatic rings. The normalized spacial score (nSPS) is 13.7. The Morgan fingerprint density at radius 1 is 1.09 bits per heavy atom. The number of nitrogens with one attached hydrogen (secondary N) is 1. The van der Waals surface area contributed by atoms with E-state index in [-0.39, 0.29) is 22.9 Å². The maximum absolute atomic E-state index is 13.1. The molecule has 0 fully saturated rings. The quantitative estimate of drug-likeness (QED) is 0.416. The second-order valence-corrected chi connectivity index (χ2v) is 8.96. The van der Waals surface area contributed by atoms with Gasteiger partial charge >= 0.3 is 5.97 Å². The van der Waals surface area contributed by atoms with Crippen LogP contribution in [0.3, 0.4) is 0 Å². The Hall–Kier alpha value is -4.39. The molecule has 0 radical (unpaired) electrons. The largest absolute Gasteiger partial charge is 0.478 e. The van der Waals surface area contributed by atoms with E-state index in [2.05, 4.69) is 5.32 Å². The van der Waals surface area contributed by atoms with E-state index in [0.717, 1.165) is 16.7 Å². The highest BCUT2D eigenvalue weighted by molar-refractivity contribution is 5.99. The van der Waals surface area contributed by atoms with Crippen LogP contribution in [0.1, 0.15) is 50.4 Å². The maximum atomic E-state index is 13.1. The summed E-state index contributed by atoms with van der Waals surface area (Å²) in [5.74, 6) is -0.634. The van der Waals surface area contributed by atoms with Crippen molar-refractivity contribution in [1.82, 2.24) is 4.90 Å². The van der Waals surface area contributed by atoms with Gasteiger partial charge in [-0.15, -0.1) is 0 Å². The minimum Gasteiger partial charge on any atom is -0.478 e. The number of carbonyl (C=O) groups excluding carboxylic acids is 1. The minimum atomic E-state index is -1.02. The second kappa shape index (κ2) is 8.43. The molecule has 1 unspecified atom stereocenters. The summed E-state index contributed by atoms with van der Waals surface area (Å²) < 4.78 is 6.31. The van der Waals surface area contributed by atoms with Gasteiger partial charge in [0, 0.05) is 42.0 Å². The Morgan fingerprint density at radius 2 is 1.86 bits per heavy atom. The van der Waals surface area contributed by atoms with Gasteiger partial charge in [-0.25, -0.2) is 4.79 Å². The van der Waals surface area contributed by atoms with Crippen molar-refractivity contribution in [3.63, 3.8) is 0 Å². The van der Waals surface area contributed by atoms with Gasteiger partial charge in [0.1, 0.15) is 11.3 Å². The molecule has 1 aliphatic rings. The van der Waals surface area contributed by atoms with Gasteiger partial charge in [-0.2, -0.15) is 0 Å². The Morgan fingerprint density at radius 3 is 2.63 bits per heavy atom. The van der Waals surface area contributed by atoms with Crippen LogP contribution in [0.15, 0.2) is 69.9 Å². The first-order chi connectivity index (χ1) is 16.7. The topological polar surface area (TPSA) is 99.8 Å². The minimum absolute atomic E-state index is 0.0224. The number of rotatable bonds is 5. The van der Waals surface area contributed by atoms with Crippen molar-refractivity contribution in [2.45, 2.75) is 26.4 Å². The van der Waals surface area contributed by atoms with E-state index in [1.54, 1.807) is 54.4 Å². The number of para-hydroxylation sites is 1. The lowest BCUT2D eigenvalue weighted by Crippen LogP contribution is -2.17. The average molecular weight is 469 g/mol. The van der Waals surface area contributed by atoms with Crippen LogP contribution in [-0.4, -0.2) is 28.9 Å². The van der Waals surface area contributed by atoms with Crippen LogP contribution in [0.2, 0.25) is 0 Å². The van der Waals surface area contributed by atoms with E-state index in [4.69, 9.17) is 4.42 Å². The Balaban J connectivity index is 1.61. The lowest BCUT2D eigenvalue weighted by atomic mass is 9.99. The lowest BCUT2D eigenvalue weighted by Gasteiger charge is -2.19. The predicted octanol–water partition coefficient (Wildman–Crippen LogP) is 5.23. The summed E-state index contributed by atoms with van der Waals surface area (Å²) >= 11 is 0. The number of amides is 1. The number of hydrogen-bond donors (Lipinski definition) is 2. The Kier molecular flexibility index (Phi) is 5.40. The van der Waals surface area contributed by atoms with Crippen LogP contribution in [0.4, 0.5) is 5.69 Å². The molecule has 2 N–H and O–H groups in total. The van der Waals surface area contributed by atoms with Crippen molar-refractivity contribution in [3.05, 3.63) is 98.7 Å². The first-order valence-electron chi connectivity index (χ1n) is 11.3. The molecule has 1 amide bonds. The van der Waals surface area contributed by atoms with Gasteiger partial charge < -0.3 is 19.7 Å². The molecule has 0 spiro atoms. The predicted molar refractivity (Wildman–Crippen MR) is 134 cm³/mol. The summed E-state index contributed by atoms with van der Waals surface area (Å²) in [7, 11) is 1.75. The number of aryl methyl sites for hydroxylation is 1. The SMILES string of the molecule is Cc1cc(C(C)Nc2ccccc2C(=O)O)c2oc(-c3ccc4c(c3)CN(C)C4=O)cc(=O)c2c1. The van der Waals surface area contributed by atoms with E-state index in [9.17, 15) is 19.5 Å². The molecule has 0 bridgehead atoms. The number of aromatic carboxylic acids is 1. The third kappa shape index (κ3) is 3.95. The highest BCUT2D eigenvalue weighted by Crippen LogP contribution is 2.33. The molecule has 1 aliphatic heterocycles. The van der Waals surface area contributed by atoms with Crippen molar-refractivity contribution in [2.75, 3.05) is 12.4 Å². The molecule has 0 saturated heterocycles. The number of fused-ring (bicyclic) bond motifs is 2. The average Bonchev–Trinajstić information content (AvgIpc) is 3.11. The van der Waals surface area contributed by atoms with Crippen molar-refractivity contribution >= 4 is 28.5 Å². The van der Waals surface area contributed by atoms with Crippen molar-refractivity contribution in [2.24, 2.45) is 0 Å².